The molecule has 1 amide bonds. The van der Waals surface area contributed by atoms with Crippen LogP contribution in [0.3, 0.4) is 0 Å². The van der Waals surface area contributed by atoms with Gasteiger partial charge in [-0.15, -0.1) is 0 Å². The minimum Gasteiger partial charge on any atom is -0.489 e. The van der Waals surface area contributed by atoms with Crippen LogP contribution in [0.25, 0.3) is 0 Å². The van der Waals surface area contributed by atoms with Gasteiger partial charge in [0.2, 0.25) is 5.91 Å². The number of hydrogen-bond acceptors (Lipinski definition) is 2. The standard InChI is InChI=1S/C21H26INO2/c1-6-16-11-15(4)20(12-14(16)3)25-13-17-18(22)9-8-10-19(17)23(5)21(24)7-2/h8-12H,6-7,13H2,1-5H3. The van der Waals surface area contributed by atoms with Crippen molar-refractivity contribution < 1.29 is 9.53 Å². The van der Waals surface area contributed by atoms with Crippen molar-refractivity contribution in [2.45, 2.75) is 47.1 Å². The fourth-order valence-electron chi connectivity index (χ4n) is 2.91. The Hall–Kier alpha value is -1.56. The van der Waals surface area contributed by atoms with Crippen LogP contribution >= 0.6 is 22.6 Å². The maximum atomic E-state index is 12.1. The number of halogens is 1. The van der Waals surface area contributed by atoms with Gasteiger partial charge in [-0.1, -0.05) is 26.0 Å². The number of rotatable bonds is 6. The number of anilines is 1. The topological polar surface area (TPSA) is 29.5 Å². The fourth-order valence-corrected chi connectivity index (χ4v) is 3.55. The molecule has 0 bridgehead atoms. The first-order chi connectivity index (χ1) is 11.9. The van der Waals surface area contributed by atoms with Crippen LogP contribution < -0.4 is 9.64 Å². The molecular formula is C21H26INO2. The third-order valence-corrected chi connectivity index (χ3v) is 5.53. The lowest BCUT2D eigenvalue weighted by Gasteiger charge is -2.22. The fraction of sp³-hybridized carbons (Fsp3) is 0.381. The summed E-state index contributed by atoms with van der Waals surface area (Å²) >= 11 is 2.31. The number of nitrogens with zero attached hydrogens (tertiary/aromatic N) is 1. The molecule has 0 aliphatic heterocycles. The third kappa shape index (κ3) is 4.54. The van der Waals surface area contributed by atoms with Crippen molar-refractivity contribution in [1.82, 2.24) is 0 Å². The Bertz CT molecular complexity index is 771. The van der Waals surface area contributed by atoms with Crippen LogP contribution in [0.15, 0.2) is 30.3 Å². The number of carbonyl (C=O) groups excluding carboxylic acids is 1. The van der Waals surface area contributed by atoms with Crippen LogP contribution in [-0.2, 0) is 17.8 Å². The van der Waals surface area contributed by atoms with Gasteiger partial charge in [0.25, 0.3) is 0 Å². The summed E-state index contributed by atoms with van der Waals surface area (Å²) in [5.74, 6) is 1.01. The lowest BCUT2D eigenvalue weighted by Crippen LogP contribution is -2.26. The molecule has 25 heavy (non-hydrogen) atoms. The summed E-state index contributed by atoms with van der Waals surface area (Å²) in [5.41, 5.74) is 5.72. The first kappa shape index (κ1) is 19.8. The predicted octanol–water partition coefficient (Wildman–Crippen LogP) is 5.42. The van der Waals surface area contributed by atoms with E-state index in [0.717, 1.165) is 32.6 Å². The molecule has 0 aliphatic carbocycles. The summed E-state index contributed by atoms with van der Waals surface area (Å²) in [4.78, 5) is 13.8. The van der Waals surface area contributed by atoms with Gasteiger partial charge in [-0.25, -0.2) is 0 Å². The summed E-state index contributed by atoms with van der Waals surface area (Å²) in [6.07, 6.45) is 1.51. The van der Waals surface area contributed by atoms with E-state index in [9.17, 15) is 4.79 Å². The summed E-state index contributed by atoms with van der Waals surface area (Å²) < 4.78 is 7.25. The molecule has 0 unspecified atom stereocenters. The normalized spacial score (nSPS) is 10.6. The van der Waals surface area contributed by atoms with Crippen molar-refractivity contribution in [2.24, 2.45) is 0 Å². The molecule has 0 fully saturated rings. The van der Waals surface area contributed by atoms with Gasteiger partial charge in [0, 0.05) is 22.6 Å². The highest BCUT2D eigenvalue weighted by Crippen LogP contribution is 2.29. The molecule has 0 aliphatic rings. The zero-order valence-corrected chi connectivity index (χ0v) is 17.8. The number of carbonyl (C=O) groups is 1. The minimum absolute atomic E-state index is 0.0996. The summed E-state index contributed by atoms with van der Waals surface area (Å²) in [5, 5.41) is 0. The Labute approximate surface area is 164 Å². The van der Waals surface area contributed by atoms with Gasteiger partial charge in [-0.2, -0.15) is 0 Å². The molecule has 0 N–H and O–H groups in total. The molecule has 0 saturated carbocycles. The lowest BCUT2D eigenvalue weighted by atomic mass is 10.0. The minimum atomic E-state index is 0.0996. The highest BCUT2D eigenvalue weighted by molar-refractivity contribution is 14.1. The van der Waals surface area contributed by atoms with Gasteiger partial charge in [0.15, 0.2) is 0 Å². The van der Waals surface area contributed by atoms with Crippen LogP contribution in [0.2, 0.25) is 0 Å². The quantitative estimate of drug-likeness (QED) is 0.549. The average molecular weight is 451 g/mol. The summed E-state index contributed by atoms with van der Waals surface area (Å²) in [6.45, 7) is 8.70. The number of ether oxygens (including phenoxy) is 1. The number of amides is 1. The second-order valence-electron chi connectivity index (χ2n) is 6.23. The van der Waals surface area contributed by atoms with Crippen LogP contribution in [0.4, 0.5) is 5.69 Å². The van der Waals surface area contributed by atoms with Crippen molar-refractivity contribution in [3.8, 4) is 5.75 Å². The lowest BCUT2D eigenvalue weighted by molar-refractivity contribution is -0.118. The van der Waals surface area contributed by atoms with Gasteiger partial charge in [0.05, 0.1) is 5.69 Å². The molecular weight excluding hydrogens is 425 g/mol. The second-order valence-corrected chi connectivity index (χ2v) is 7.39. The summed E-state index contributed by atoms with van der Waals surface area (Å²) in [7, 11) is 1.83. The molecule has 0 saturated heterocycles. The zero-order chi connectivity index (χ0) is 18.6. The Morgan fingerprint density at radius 3 is 2.52 bits per heavy atom. The van der Waals surface area contributed by atoms with Crippen LogP contribution in [0.5, 0.6) is 5.75 Å². The van der Waals surface area contributed by atoms with E-state index in [0.29, 0.717) is 13.0 Å². The highest BCUT2D eigenvalue weighted by atomic mass is 127. The van der Waals surface area contributed by atoms with Crippen molar-refractivity contribution in [2.75, 3.05) is 11.9 Å². The molecule has 0 aromatic heterocycles. The SMILES string of the molecule is CCC(=O)N(C)c1cccc(I)c1COc1cc(C)c(CC)cc1C. The molecule has 2 aromatic rings. The molecule has 0 spiro atoms. The van der Waals surface area contributed by atoms with E-state index in [4.69, 9.17) is 4.74 Å². The molecule has 2 rings (SSSR count). The predicted molar refractivity (Wildman–Crippen MR) is 112 cm³/mol. The van der Waals surface area contributed by atoms with Crippen molar-refractivity contribution >= 4 is 34.2 Å². The molecule has 0 atom stereocenters. The van der Waals surface area contributed by atoms with Crippen molar-refractivity contribution in [3.05, 3.63) is 56.2 Å². The first-order valence-corrected chi connectivity index (χ1v) is 9.73. The average Bonchev–Trinajstić information content (AvgIpc) is 2.61. The molecule has 0 radical (unpaired) electrons. The maximum absolute atomic E-state index is 12.1. The van der Waals surface area contributed by atoms with E-state index in [-0.39, 0.29) is 5.91 Å². The maximum Gasteiger partial charge on any atom is 0.226 e. The zero-order valence-electron chi connectivity index (χ0n) is 15.6. The first-order valence-electron chi connectivity index (χ1n) is 8.65. The summed E-state index contributed by atoms with van der Waals surface area (Å²) in [6, 6.07) is 10.3. The van der Waals surface area contributed by atoms with E-state index in [2.05, 4.69) is 55.5 Å². The van der Waals surface area contributed by atoms with Crippen LogP contribution in [0, 0.1) is 17.4 Å². The second kappa shape index (κ2) is 8.70. The van der Waals surface area contributed by atoms with E-state index in [1.807, 2.05) is 32.2 Å². The van der Waals surface area contributed by atoms with Crippen LogP contribution in [-0.4, -0.2) is 13.0 Å². The Morgan fingerprint density at radius 2 is 1.88 bits per heavy atom. The van der Waals surface area contributed by atoms with E-state index >= 15 is 0 Å². The van der Waals surface area contributed by atoms with Gasteiger partial charge >= 0.3 is 0 Å². The van der Waals surface area contributed by atoms with Crippen molar-refractivity contribution in [3.63, 3.8) is 0 Å². The van der Waals surface area contributed by atoms with E-state index in [1.165, 1.54) is 11.1 Å². The molecule has 3 nitrogen and oxygen atoms in total. The van der Waals surface area contributed by atoms with E-state index in [1.54, 1.807) is 4.90 Å². The smallest absolute Gasteiger partial charge is 0.226 e. The molecule has 134 valence electrons. The Morgan fingerprint density at radius 1 is 1.16 bits per heavy atom. The molecule has 2 aromatic carbocycles. The monoisotopic (exact) mass is 451 g/mol. The number of aryl methyl sites for hydroxylation is 3. The number of hydrogen-bond donors (Lipinski definition) is 0. The van der Waals surface area contributed by atoms with Crippen molar-refractivity contribution in [1.29, 1.82) is 0 Å². The third-order valence-electron chi connectivity index (χ3n) is 4.52. The number of benzene rings is 2. The Kier molecular flexibility index (Phi) is 6.87. The van der Waals surface area contributed by atoms with Gasteiger partial charge in [0.1, 0.15) is 12.4 Å². The van der Waals surface area contributed by atoms with Crippen LogP contribution in [0.1, 0.15) is 42.5 Å². The van der Waals surface area contributed by atoms with Gasteiger partial charge < -0.3 is 9.64 Å². The Balaban J connectivity index is 2.30. The highest BCUT2D eigenvalue weighted by Gasteiger charge is 2.16. The molecule has 0 heterocycles. The largest absolute Gasteiger partial charge is 0.489 e. The molecule has 4 heteroatoms. The van der Waals surface area contributed by atoms with Gasteiger partial charge in [-0.3, -0.25) is 4.79 Å². The van der Waals surface area contributed by atoms with E-state index < -0.39 is 0 Å². The van der Waals surface area contributed by atoms with Gasteiger partial charge in [-0.05, 0) is 77.7 Å².